The number of rotatable bonds is 3. The van der Waals surface area contributed by atoms with Gasteiger partial charge in [-0.05, 0) is 83.9 Å². The van der Waals surface area contributed by atoms with Crippen molar-refractivity contribution in [3.8, 4) is 33.4 Å². The highest BCUT2D eigenvalue weighted by Gasteiger charge is 2.18. The van der Waals surface area contributed by atoms with Crippen LogP contribution in [-0.4, -0.2) is 0 Å². The van der Waals surface area contributed by atoms with Gasteiger partial charge >= 0.3 is 0 Å². The molecular weight excluding hydrogens is 520 g/mol. The van der Waals surface area contributed by atoms with Crippen molar-refractivity contribution in [2.24, 2.45) is 0 Å². The summed E-state index contributed by atoms with van der Waals surface area (Å²) in [6.07, 6.45) is 0. The zero-order chi connectivity index (χ0) is 33.6. The fraction of sp³-hybridized carbons (Fsp3) is 0. The molecule has 0 bridgehead atoms. The van der Waals surface area contributed by atoms with Crippen LogP contribution in [0, 0.1) is 0 Å². The lowest BCUT2D eigenvalue weighted by Crippen LogP contribution is -1.91. The first-order valence-electron chi connectivity index (χ1n) is 17.3. The van der Waals surface area contributed by atoms with Gasteiger partial charge in [-0.1, -0.05) is 139 Å². The number of fused-ring (bicyclic) bond motifs is 7. The van der Waals surface area contributed by atoms with Crippen LogP contribution in [0.1, 0.15) is 8.22 Å². The third-order valence-electron chi connectivity index (χ3n) is 8.43. The first-order valence-corrected chi connectivity index (χ1v) is 14.3. The molecule has 1 heteroatoms. The van der Waals surface area contributed by atoms with Gasteiger partial charge in [0.2, 0.25) is 0 Å². The van der Waals surface area contributed by atoms with Crippen LogP contribution >= 0.6 is 0 Å². The molecule has 0 saturated heterocycles. The molecule has 43 heavy (non-hydrogen) atoms. The highest BCUT2D eigenvalue weighted by molar-refractivity contribution is 6.23. The molecule has 1 heterocycles. The lowest BCUT2D eigenvalue weighted by molar-refractivity contribution is 0.669. The Morgan fingerprint density at radius 3 is 1.65 bits per heavy atom. The van der Waals surface area contributed by atoms with Gasteiger partial charge in [0, 0.05) is 10.8 Å². The van der Waals surface area contributed by atoms with E-state index >= 15 is 0 Å². The van der Waals surface area contributed by atoms with E-state index in [1.807, 2.05) is 48.5 Å². The quantitative estimate of drug-likeness (QED) is 0.199. The third kappa shape index (κ3) is 3.72. The average Bonchev–Trinajstić information content (AvgIpc) is 3.53. The monoisotopic (exact) mass is 552 g/mol. The first kappa shape index (κ1) is 18.7. The molecule has 0 radical (unpaired) electrons. The van der Waals surface area contributed by atoms with Crippen molar-refractivity contribution in [1.29, 1.82) is 0 Å². The van der Waals surface area contributed by atoms with Crippen molar-refractivity contribution in [3.05, 3.63) is 158 Å². The maximum absolute atomic E-state index is 8.81. The first-order chi connectivity index (χ1) is 23.8. The number of hydrogen-bond acceptors (Lipinski definition) is 1. The molecule has 0 aliphatic rings. The van der Waals surface area contributed by atoms with Gasteiger partial charge in [-0.15, -0.1) is 0 Å². The zero-order valence-corrected chi connectivity index (χ0v) is 23.0. The molecular formula is C42H26O. The summed E-state index contributed by atoms with van der Waals surface area (Å²) < 4.78 is 57.6. The second-order valence-corrected chi connectivity index (χ2v) is 10.8. The number of hydrogen-bond donors (Lipinski definition) is 0. The Labute approximate surface area is 257 Å². The minimum atomic E-state index is -0.425. The summed E-state index contributed by atoms with van der Waals surface area (Å²) in [6.45, 7) is 0. The van der Waals surface area contributed by atoms with Crippen LogP contribution in [-0.2, 0) is 0 Å². The molecule has 0 saturated carbocycles. The van der Waals surface area contributed by atoms with Gasteiger partial charge in [0.15, 0.2) is 0 Å². The Morgan fingerprint density at radius 2 is 0.953 bits per heavy atom. The van der Waals surface area contributed by atoms with Gasteiger partial charge in [0.25, 0.3) is 0 Å². The molecule has 0 amide bonds. The highest BCUT2D eigenvalue weighted by atomic mass is 16.3. The Bertz CT molecular complexity index is 2760. The Balaban J connectivity index is 1.34. The number of furan rings is 1. The van der Waals surface area contributed by atoms with Gasteiger partial charge in [-0.2, -0.15) is 0 Å². The summed E-state index contributed by atoms with van der Waals surface area (Å²) in [5, 5.41) is 5.61. The lowest BCUT2D eigenvalue weighted by atomic mass is 9.85. The molecule has 1 nitrogen and oxygen atoms in total. The van der Waals surface area contributed by atoms with E-state index in [0.29, 0.717) is 16.4 Å². The fourth-order valence-electron chi connectivity index (χ4n) is 6.51. The van der Waals surface area contributed by atoms with Gasteiger partial charge < -0.3 is 4.42 Å². The molecule has 9 aromatic rings. The molecule has 200 valence electrons. The topological polar surface area (TPSA) is 13.1 Å². The van der Waals surface area contributed by atoms with E-state index < -0.39 is 6.04 Å². The zero-order valence-electron chi connectivity index (χ0n) is 29.0. The lowest BCUT2D eigenvalue weighted by Gasteiger charge is -2.18. The van der Waals surface area contributed by atoms with Crippen LogP contribution in [0.3, 0.4) is 0 Å². The van der Waals surface area contributed by atoms with Gasteiger partial charge in [-0.25, -0.2) is 0 Å². The second-order valence-electron chi connectivity index (χ2n) is 10.8. The van der Waals surface area contributed by atoms with Crippen LogP contribution in [0.15, 0.2) is 162 Å². The molecule has 0 unspecified atom stereocenters. The fourth-order valence-corrected chi connectivity index (χ4v) is 6.51. The van der Waals surface area contributed by atoms with Gasteiger partial charge in [0.05, 0.1) is 8.22 Å². The Hall–Kier alpha value is -5.66. The molecule has 1 aromatic heterocycles. The Kier molecular flexibility index (Phi) is 4.11. The molecule has 0 N–H and O–H groups in total. The minimum Gasteiger partial charge on any atom is -0.456 e. The van der Waals surface area contributed by atoms with Gasteiger partial charge in [0.1, 0.15) is 11.2 Å². The second kappa shape index (κ2) is 9.44. The molecule has 0 aliphatic carbocycles. The van der Waals surface area contributed by atoms with Crippen LogP contribution in [0.2, 0.25) is 0 Å². The van der Waals surface area contributed by atoms with Crippen molar-refractivity contribution in [3.63, 3.8) is 0 Å². The SMILES string of the molecule is [2H]c1c([2H])c([2H])c2c(c1[2H])c([2H])c([2H])c1oc3ccc(-c4c5ccccc5c(-c5ccc(-c6ccccc6)cc5)c5ccccc45)cc3c12. The average molecular weight is 553 g/mol. The predicted molar refractivity (Wildman–Crippen MR) is 183 cm³/mol. The predicted octanol–water partition coefficient (Wildman–Crippen LogP) is 12.0. The molecule has 0 aliphatic heterocycles. The van der Waals surface area contributed by atoms with E-state index in [0.717, 1.165) is 49.4 Å². The van der Waals surface area contributed by atoms with Crippen LogP contribution < -0.4 is 0 Å². The molecule has 8 aromatic carbocycles. The van der Waals surface area contributed by atoms with Crippen molar-refractivity contribution >= 4 is 54.3 Å². The summed E-state index contributed by atoms with van der Waals surface area (Å²) >= 11 is 0. The highest BCUT2D eigenvalue weighted by Crippen LogP contribution is 2.45. The Morgan fingerprint density at radius 1 is 0.395 bits per heavy atom. The van der Waals surface area contributed by atoms with Crippen molar-refractivity contribution < 1.29 is 12.6 Å². The van der Waals surface area contributed by atoms with Crippen LogP contribution in [0.5, 0.6) is 0 Å². The van der Waals surface area contributed by atoms with Crippen molar-refractivity contribution in [1.82, 2.24) is 0 Å². The van der Waals surface area contributed by atoms with Crippen LogP contribution in [0.4, 0.5) is 0 Å². The van der Waals surface area contributed by atoms with E-state index in [-0.39, 0.29) is 46.6 Å². The molecule has 0 atom stereocenters. The van der Waals surface area contributed by atoms with Gasteiger partial charge in [-0.3, -0.25) is 0 Å². The normalized spacial score (nSPS) is 13.7. The molecule has 9 rings (SSSR count). The molecule has 0 fully saturated rings. The third-order valence-corrected chi connectivity index (χ3v) is 8.43. The van der Waals surface area contributed by atoms with E-state index in [1.165, 1.54) is 5.56 Å². The summed E-state index contributed by atoms with van der Waals surface area (Å²) in [5.41, 5.74) is 7.14. The van der Waals surface area contributed by atoms with Crippen LogP contribution in [0.25, 0.3) is 87.6 Å². The summed E-state index contributed by atoms with van der Waals surface area (Å²) in [4.78, 5) is 0. The number of benzene rings is 8. The largest absolute Gasteiger partial charge is 0.456 e. The van der Waals surface area contributed by atoms with Crippen molar-refractivity contribution in [2.75, 3.05) is 0 Å². The smallest absolute Gasteiger partial charge is 0.136 e. The van der Waals surface area contributed by atoms with E-state index in [2.05, 4.69) is 72.8 Å². The maximum Gasteiger partial charge on any atom is 0.136 e. The van der Waals surface area contributed by atoms with E-state index in [9.17, 15) is 0 Å². The minimum absolute atomic E-state index is 0.0233. The van der Waals surface area contributed by atoms with Crippen molar-refractivity contribution in [2.45, 2.75) is 0 Å². The maximum atomic E-state index is 8.81. The molecule has 0 spiro atoms. The summed E-state index contributed by atoms with van der Waals surface area (Å²) in [7, 11) is 0. The van der Waals surface area contributed by atoms with E-state index in [1.54, 1.807) is 0 Å². The standard InChI is InChI=1S/C42H26O/c1-2-10-27(11-3-1)28-18-20-30(21-19-28)40-33-14-6-8-16-35(33)41(36-17-9-7-15-34(36)40)31-23-24-38-37(26-31)42-32-13-5-4-12-29(32)22-25-39(42)43-38/h1-26H/i4D,5D,12D,13D,22D,25D. The van der Waals surface area contributed by atoms with E-state index in [4.69, 9.17) is 12.6 Å². The summed E-state index contributed by atoms with van der Waals surface area (Å²) in [6, 6.07) is 39.8. The summed E-state index contributed by atoms with van der Waals surface area (Å²) in [5.74, 6) is 0.